The van der Waals surface area contributed by atoms with Crippen LogP contribution in [0.2, 0.25) is 0 Å². The predicted molar refractivity (Wildman–Crippen MR) is 52.8 cm³/mol. The Morgan fingerprint density at radius 2 is 2.24 bits per heavy atom. The molecule has 0 aliphatic carbocycles. The molecule has 1 heterocycles. The normalized spacial score (nSPS) is 10.7. The number of carbonyl (C=O) groups excluding carboxylic acids is 1. The van der Waals surface area contributed by atoms with Crippen LogP contribution in [-0.4, -0.2) is 18.1 Å². The van der Waals surface area contributed by atoms with E-state index in [1.165, 1.54) is 0 Å². The Labute approximate surface area is 95.6 Å². The van der Waals surface area contributed by atoms with Gasteiger partial charge in [-0.25, -0.2) is 18.2 Å². The Balaban J connectivity index is 3.17. The van der Waals surface area contributed by atoms with Gasteiger partial charge in [0.15, 0.2) is 0 Å². The van der Waals surface area contributed by atoms with Gasteiger partial charge in [0.1, 0.15) is 11.5 Å². The third-order valence-corrected chi connectivity index (χ3v) is 2.10. The molecule has 0 amide bonds. The second-order valence-electron chi connectivity index (χ2n) is 3.22. The molecule has 0 spiro atoms. The van der Waals surface area contributed by atoms with Crippen molar-refractivity contribution in [2.24, 2.45) is 5.73 Å². The van der Waals surface area contributed by atoms with Gasteiger partial charge >= 0.3 is 5.97 Å². The van der Waals surface area contributed by atoms with Crippen LogP contribution in [0.5, 0.6) is 0 Å². The number of rotatable bonds is 4. The second kappa shape index (κ2) is 5.62. The molecule has 1 rings (SSSR count). The third kappa shape index (κ3) is 3.16. The number of aromatic nitrogens is 1. The lowest BCUT2D eigenvalue weighted by Crippen LogP contribution is -2.12. The molecule has 0 aromatic carbocycles. The average Bonchev–Trinajstić information content (AvgIpc) is 2.31. The maximum Gasteiger partial charge on any atom is 0.310 e. The van der Waals surface area contributed by atoms with E-state index in [9.17, 15) is 18.0 Å². The van der Waals surface area contributed by atoms with Crippen LogP contribution in [0.4, 0.5) is 13.2 Å². The number of nitrogens with two attached hydrogens (primary N) is 1. The van der Waals surface area contributed by atoms with Gasteiger partial charge in [0.2, 0.25) is 0 Å². The maximum absolute atomic E-state index is 13.6. The van der Waals surface area contributed by atoms with Crippen molar-refractivity contribution in [1.82, 2.24) is 4.98 Å². The van der Waals surface area contributed by atoms with E-state index < -0.39 is 30.3 Å². The van der Waals surface area contributed by atoms with Crippen LogP contribution >= 0.6 is 0 Å². The van der Waals surface area contributed by atoms with E-state index in [0.29, 0.717) is 0 Å². The Morgan fingerprint density at radius 1 is 1.59 bits per heavy atom. The summed E-state index contributed by atoms with van der Waals surface area (Å²) in [4.78, 5) is 14.4. The minimum atomic E-state index is -2.85. The number of nitrogens with zero attached hydrogens (tertiary/aromatic N) is 1. The molecule has 0 aliphatic heterocycles. The number of methoxy groups -OCH3 is 1. The molecule has 0 radical (unpaired) electrons. The van der Waals surface area contributed by atoms with Gasteiger partial charge in [-0.05, 0) is 6.07 Å². The molecule has 0 aliphatic rings. The molecule has 1 aromatic rings. The molecular formula is C10H11F3N2O2. The highest BCUT2D eigenvalue weighted by Gasteiger charge is 2.18. The Kier molecular flexibility index (Phi) is 4.45. The van der Waals surface area contributed by atoms with Crippen LogP contribution in [0.3, 0.4) is 0 Å². The molecule has 0 saturated carbocycles. The van der Waals surface area contributed by atoms with Crippen molar-refractivity contribution >= 4 is 5.97 Å². The molecule has 2 N–H and O–H groups in total. The maximum atomic E-state index is 13.6. The molecule has 0 atom stereocenters. The summed E-state index contributed by atoms with van der Waals surface area (Å²) in [6, 6.07) is 0.843. The zero-order valence-corrected chi connectivity index (χ0v) is 9.04. The summed E-state index contributed by atoms with van der Waals surface area (Å²) in [7, 11) is 1.12. The van der Waals surface area contributed by atoms with Crippen molar-refractivity contribution < 1.29 is 22.7 Å². The van der Waals surface area contributed by atoms with Crippen molar-refractivity contribution in [3.8, 4) is 0 Å². The molecule has 7 heteroatoms. The van der Waals surface area contributed by atoms with Crippen LogP contribution in [-0.2, 0) is 22.5 Å². The van der Waals surface area contributed by atoms with Crippen molar-refractivity contribution in [1.29, 1.82) is 0 Å². The fourth-order valence-electron chi connectivity index (χ4n) is 1.27. The summed E-state index contributed by atoms with van der Waals surface area (Å²) in [5.74, 6) is -1.57. The van der Waals surface area contributed by atoms with Crippen molar-refractivity contribution in [3.63, 3.8) is 0 Å². The lowest BCUT2D eigenvalue weighted by molar-refractivity contribution is -0.139. The van der Waals surface area contributed by atoms with E-state index in [1.54, 1.807) is 0 Å². The van der Waals surface area contributed by atoms with Crippen LogP contribution < -0.4 is 5.73 Å². The molecule has 0 fully saturated rings. The van der Waals surface area contributed by atoms with E-state index in [4.69, 9.17) is 5.73 Å². The first-order chi connectivity index (χ1) is 7.99. The quantitative estimate of drug-likeness (QED) is 0.816. The van der Waals surface area contributed by atoms with Gasteiger partial charge < -0.3 is 10.5 Å². The number of halogens is 3. The zero-order chi connectivity index (χ0) is 13.0. The lowest BCUT2D eigenvalue weighted by Gasteiger charge is -2.09. The Hall–Kier alpha value is -1.63. The van der Waals surface area contributed by atoms with Gasteiger partial charge in [-0.1, -0.05) is 0 Å². The number of ether oxygens (including phenoxy) is 1. The van der Waals surface area contributed by atoms with E-state index in [2.05, 4.69) is 9.72 Å². The molecule has 0 saturated heterocycles. The lowest BCUT2D eigenvalue weighted by atomic mass is 10.1. The SMILES string of the molecule is COC(=O)Cc1cc(C(F)F)nc(CN)c1F. The van der Waals surface area contributed by atoms with Crippen molar-refractivity contribution in [2.45, 2.75) is 19.4 Å². The van der Waals surface area contributed by atoms with Gasteiger partial charge in [0.05, 0.1) is 19.2 Å². The van der Waals surface area contributed by atoms with Crippen LogP contribution in [0, 0.1) is 5.82 Å². The predicted octanol–water partition coefficient (Wildman–Crippen LogP) is 1.33. The van der Waals surface area contributed by atoms with Gasteiger partial charge in [-0.2, -0.15) is 0 Å². The molecule has 1 aromatic heterocycles. The Morgan fingerprint density at radius 3 is 2.71 bits per heavy atom. The summed E-state index contributed by atoms with van der Waals surface area (Å²) in [5.41, 5.74) is 4.10. The van der Waals surface area contributed by atoms with Gasteiger partial charge in [0.25, 0.3) is 6.43 Å². The smallest absolute Gasteiger partial charge is 0.310 e. The first-order valence-electron chi connectivity index (χ1n) is 4.72. The number of pyridine rings is 1. The van der Waals surface area contributed by atoms with E-state index in [0.717, 1.165) is 13.2 Å². The van der Waals surface area contributed by atoms with Crippen molar-refractivity contribution in [3.05, 3.63) is 28.8 Å². The number of alkyl halides is 2. The molecule has 4 nitrogen and oxygen atoms in total. The summed E-state index contributed by atoms with van der Waals surface area (Å²) >= 11 is 0. The van der Waals surface area contributed by atoms with Gasteiger partial charge in [0, 0.05) is 12.1 Å². The summed E-state index contributed by atoms with van der Waals surface area (Å²) in [5, 5.41) is 0. The monoisotopic (exact) mass is 248 g/mol. The molecular weight excluding hydrogens is 237 g/mol. The highest BCUT2D eigenvalue weighted by Crippen LogP contribution is 2.21. The highest BCUT2D eigenvalue weighted by molar-refractivity contribution is 5.72. The van der Waals surface area contributed by atoms with E-state index in [1.807, 2.05) is 0 Å². The van der Waals surface area contributed by atoms with E-state index in [-0.39, 0.29) is 17.8 Å². The van der Waals surface area contributed by atoms with Gasteiger partial charge in [-0.15, -0.1) is 0 Å². The minimum Gasteiger partial charge on any atom is -0.469 e. The van der Waals surface area contributed by atoms with Crippen LogP contribution in [0.15, 0.2) is 6.07 Å². The average molecular weight is 248 g/mol. The third-order valence-electron chi connectivity index (χ3n) is 2.10. The summed E-state index contributed by atoms with van der Waals surface area (Å²) in [6.07, 6.45) is -3.28. The Bertz CT molecular complexity index is 424. The van der Waals surface area contributed by atoms with Gasteiger partial charge in [-0.3, -0.25) is 4.79 Å². The summed E-state index contributed by atoms with van der Waals surface area (Å²) < 4.78 is 42.9. The standard InChI is InChI=1S/C10H11F3N2O2/c1-17-8(16)3-5-2-6(10(12)13)15-7(4-14)9(5)11/h2,10H,3-4,14H2,1H3. The number of carbonyl (C=O) groups is 1. The fourth-order valence-corrected chi connectivity index (χ4v) is 1.27. The number of hydrogen-bond donors (Lipinski definition) is 1. The first kappa shape index (κ1) is 13.4. The summed E-state index contributed by atoms with van der Waals surface area (Å²) in [6.45, 7) is -0.319. The topological polar surface area (TPSA) is 65.2 Å². The fraction of sp³-hybridized carbons (Fsp3) is 0.400. The molecule has 17 heavy (non-hydrogen) atoms. The van der Waals surface area contributed by atoms with Crippen LogP contribution in [0.25, 0.3) is 0 Å². The zero-order valence-electron chi connectivity index (χ0n) is 9.04. The van der Waals surface area contributed by atoms with Crippen molar-refractivity contribution in [2.75, 3.05) is 7.11 Å². The molecule has 0 bridgehead atoms. The largest absolute Gasteiger partial charge is 0.469 e. The molecule has 94 valence electrons. The van der Waals surface area contributed by atoms with Crippen LogP contribution in [0.1, 0.15) is 23.4 Å². The minimum absolute atomic E-state index is 0.192. The second-order valence-corrected chi connectivity index (χ2v) is 3.22. The number of hydrogen-bond acceptors (Lipinski definition) is 4. The molecule has 0 unspecified atom stereocenters. The highest BCUT2D eigenvalue weighted by atomic mass is 19.3. The first-order valence-corrected chi connectivity index (χ1v) is 4.72. The van der Waals surface area contributed by atoms with E-state index >= 15 is 0 Å². The number of esters is 1.